The maximum absolute atomic E-state index is 12.1. The lowest BCUT2D eigenvalue weighted by Crippen LogP contribution is -2.21. The van der Waals surface area contributed by atoms with E-state index in [0.29, 0.717) is 27.9 Å². The summed E-state index contributed by atoms with van der Waals surface area (Å²) in [6.07, 6.45) is 0. The van der Waals surface area contributed by atoms with Gasteiger partial charge in [-0.25, -0.2) is 0 Å². The van der Waals surface area contributed by atoms with Crippen molar-refractivity contribution in [1.82, 2.24) is 0 Å². The summed E-state index contributed by atoms with van der Waals surface area (Å²) < 4.78 is 10.6. The summed E-state index contributed by atoms with van der Waals surface area (Å²) in [5.41, 5.74) is 0.951. The third kappa shape index (κ3) is 4.89. The van der Waals surface area contributed by atoms with Crippen molar-refractivity contribution in [2.45, 2.75) is 6.92 Å². The quantitative estimate of drug-likeness (QED) is 0.839. The molecular weight excluding hydrogens is 332 g/mol. The predicted molar refractivity (Wildman–Crippen MR) is 92.9 cm³/mol. The molecule has 24 heavy (non-hydrogen) atoms. The second-order valence-corrected chi connectivity index (χ2v) is 5.30. The van der Waals surface area contributed by atoms with Gasteiger partial charge in [-0.3, -0.25) is 9.59 Å². The summed E-state index contributed by atoms with van der Waals surface area (Å²) in [4.78, 5) is 23.3. The van der Waals surface area contributed by atoms with Crippen LogP contribution in [0.4, 0.5) is 11.4 Å². The van der Waals surface area contributed by atoms with Gasteiger partial charge < -0.3 is 20.1 Å². The number of carbonyl (C=O) groups is 2. The van der Waals surface area contributed by atoms with Crippen LogP contribution < -0.4 is 20.1 Å². The molecule has 0 saturated carbocycles. The number of amides is 2. The SMILES string of the molecule is COc1ccc(Cl)cc1NC(=O)COc1ccccc1NC(C)=O. The Morgan fingerprint density at radius 1 is 1.04 bits per heavy atom. The Bertz CT molecular complexity index is 749. The summed E-state index contributed by atoms with van der Waals surface area (Å²) in [7, 11) is 1.50. The maximum atomic E-state index is 12.1. The van der Waals surface area contributed by atoms with E-state index in [9.17, 15) is 9.59 Å². The highest BCUT2D eigenvalue weighted by atomic mass is 35.5. The van der Waals surface area contributed by atoms with Gasteiger partial charge in [-0.1, -0.05) is 23.7 Å². The fourth-order valence-electron chi connectivity index (χ4n) is 1.99. The van der Waals surface area contributed by atoms with Gasteiger partial charge in [0.05, 0.1) is 18.5 Å². The molecule has 0 aliphatic carbocycles. The molecule has 2 N–H and O–H groups in total. The monoisotopic (exact) mass is 348 g/mol. The zero-order chi connectivity index (χ0) is 17.5. The Kier molecular flexibility index (Phi) is 6.03. The molecule has 0 aliphatic heterocycles. The second-order valence-electron chi connectivity index (χ2n) is 4.86. The number of hydrogen-bond acceptors (Lipinski definition) is 4. The van der Waals surface area contributed by atoms with Gasteiger partial charge in [-0.15, -0.1) is 0 Å². The molecule has 7 heteroatoms. The average molecular weight is 349 g/mol. The van der Waals surface area contributed by atoms with Crippen LogP contribution in [0.1, 0.15) is 6.92 Å². The van der Waals surface area contributed by atoms with Crippen LogP contribution in [-0.2, 0) is 9.59 Å². The van der Waals surface area contributed by atoms with Gasteiger partial charge in [0, 0.05) is 11.9 Å². The van der Waals surface area contributed by atoms with Crippen molar-refractivity contribution in [2.24, 2.45) is 0 Å². The molecule has 0 aromatic heterocycles. The van der Waals surface area contributed by atoms with Crippen molar-refractivity contribution in [1.29, 1.82) is 0 Å². The topological polar surface area (TPSA) is 76.7 Å². The third-order valence-electron chi connectivity index (χ3n) is 2.99. The van der Waals surface area contributed by atoms with Crippen molar-refractivity contribution in [2.75, 3.05) is 24.4 Å². The number of anilines is 2. The third-order valence-corrected chi connectivity index (χ3v) is 3.23. The molecule has 0 atom stereocenters. The number of benzene rings is 2. The number of hydrogen-bond donors (Lipinski definition) is 2. The van der Waals surface area contributed by atoms with Crippen LogP contribution in [0.15, 0.2) is 42.5 Å². The van der Waals surface area contributed by atoms with Gasteiger partial charge in [-0.2, -0.15) is 0 Å². The highest BCUT2D eigenvalue weighted by Gasteiger charge is 2.11. The summed E-state index contributed by atoms with van der Waals surface area (Å²) in [6.45, 7) is 1.17. The normalized spacial score (nSPS) is 9.96. The molecule has 126 valence electrons. The lowest BCUT2D eigenvalue weighted by atomic mass is 10.3. The molecule has 0 unspecified atom stereocenters. The van der Waals surface area contributed by atoms with Crippen molar-refractivity contribution in [3.05, 3.63) is 47.5 Å². The Morgan fingerprint density at radius 2 is 1.79 bits per heavy atom. The van der Waals surface area contributed by atoms with Gasteiger partial charge in [0.15, 0.2) is 6.61 Å². The Labute approximate surface area is 144 Å². The average Bonchev–Trinajstić information content (AvgIpc) is 2.54. The van der Waals surface area contributed by atoms with Crippen LogP contribution >= 0.6 is 11.6 Å². The molecular formula is C17H17ClN2O4. The zero-order valence-electron chi connectivity index (χ0n) is 13.3. The zero-order valence-corrected chi connectivity index (χ0v) is 14.0. The lowest BCUT2D eigenvalue weighted by molar-refractivity contribution is -0.118. The first kappa shape index (κ1) is 17.6. The van der Waals surface area contributed by atoms with Crippen LogP contribution in [0, 0.1) is 0 Å². The molecule has 0 saturated heterocycles. The van der Waals surface area contributed by atoms with Crippen LogP contribution in [0.3, 0.4) is 0 Å². The van der Waals surface area contributed by atoms with Gasteiger partial charge >= 0.3 is 0 Å². The van der Waals surface area contributed by atoms with Crippen LogP contribution in [-0.4, -0.2) is 25.5 Å². The molecule has 2 aromatic rings. The Hall–Kier alpha value is -2.73. The van der Waals surface area contributed by atoms with Crippen molar-refractivity contribution in [3.63, 3.8) is 0 Å². The fourth-order valence-corrected chi connectivity index (χ4v) is 2.16. The predicted octanol–water partition coefficient (Wildman–Crippen LogP) is 3.32. The van der Waals surface area contributed by atoms with E-state index in [1.54, 1.807) is 42.5 Å². The first-order chi connectivity index (χ1) is 11.5. The van der Waals surface area contributed by atoms with E-state index in [2.05, 4.69) is 10.6 Å². The smallest absolute Gasteiger partial charge is 0.262 e. The standard InChI is InChI=1S/C17H17ClN2O4/c1-11(21)19-13-5-3-4-6-16(13)24-10-17(22)20-14-9-12(18)7-8-15(14)23-2/h3-9H,10H2,1-2H3,(H,19,21)(H,20,22). The summed E-state index contributed by atoms with van der Waals surface area (Å²) in [6, 6.07) is 11.8. The number of halogens is 1. The minimum atomic E-state index is -0.381. The van der Waals surface area contributed by atoms with Crippen LogP contribution in [0.25, 0.3) is 0 Å². The minimum Gasteiger partial charge on any atom is -0.495 e. The summed E-state index contributed by atoms with van der Waals surface area (Å²) in [5.74, 6) is 0.291. The Balaban J connectivity index is 2.02. The molecule has 0 radical (unpaired) electrons. The summed E-state index contributed by atoms with van der Waals surface area (Å²) >= 11 is 5.92. The molecule has 2 aromatic carbocycles. The molecule has 0 fully saturated rings. The molecule has 0 bridgehead atoms. The van der Waals surface area contributed by atoms with Crippen molar-refractivity contribution < 1.29 is 19.1 Å². The van der Waals surface area contributed by atoms with E-state index in [1.165, 1.54) is 14.0 Å². The van der Waals surface area contributed by atoms with E-state index in [4.69, 9.17) is 21.1 Å². The van der Waals surface area contributed by atoms with Crippen LogP contribution in [0.2, 0.25) is 5.02 Å². The maximum Gasteiger partial charge on any atom is 0.262 e. The molecule has 0 spiro atoms. The van der Waals surface area contributed by atoms with E-state index in [1.807, 2.05) is 0 Å². The van der Waals surface area contributed by atoms with Gasteiger partial charge in [0.1, 0.15) is 11.5 Å². The Morgan fingerprint density at radius 3 is 2.50 bits per heavy atom. The number of nitrogens with one attached hydrogen (secondary N) is 2. The van der Waals surface area contributed by atoms with Gasteiger partial charge in [0.25, 0.3) is 5.91 Å². The highest BCUT2D eigenvalue weighted by Crippen LogP contribution is 2.28. The number of rotatable bonds is 6. The lowest BCUT2D eigenvalue weighted by Gasteiger charge is -2.13. The van der Waals surface area contributed by atoms with E-state index in [0.717, 1.165) is 0 Å². The number of methoxy groups -OCH3 is 1. The first-order valence-electron chi connectivity index (χ1n) is 7.12. The largest absolute Gasteiger partial charge is 0.495 e. The van der Waals surface area contributed by atoms with Gasteiger partial charge in [-0.05, 0) is 30.3 Å². The number of carbonyl (C=O) groups excluding carboxylic acids is 2. The molecule has 0 aliphatic rings. The van der Waals surface area contributed by atoms with Crippen molar-refractivity contribution in [3.8, 4) is 11.5 Å². The highest BCUT2D eigenvalue weighted by molar-refractivity contribution is 6.31. The van der Waals surface area contributed by atoms with Gasteiger partial charge in [0.2, 0.25) is 5.91 Å². The minimum absolute atomic E-state index is 0.223. The van der Waals surface area contributed by atoms with E-state index in [-0.39, 0.29) is 18.4 Å². The molecule has 2 rings (SSSR count). The van der Waals surface area contributed by atoms with Crippen LogP contribution in [0.5, 0.6) is 11.5 Å². The summed E-state index contributed by atoms with van der Waals surface area (Å²) in [5, 5.41) is 5.79. The first-order valence-corrected chi connectivity index (χ1v) is 7.50. The number of ether oxygens (including phenoxy) is 2. The fraction of sp³-hybridized carbons (Fsp3) is 0.176. The second kappa shape index (κ2) is 8.21. The molecule has 2 amide bonds. The van der Waals surface area contributed by atoms with E-state index >= 15 is 0 Å². The van der Waals surface area contributed by atoms with Crippen molar-refractivity contribution >= 4 is 34.8 Å². The van der Waals surface area contributed by atoms with E-state index < -0.39 is 0 Å². The molecule has 6 nitrogen and oxygen atoms in total. The number of para-hydroxylation sites is 2. The molecule has 0 heterocycles.